The van der Waals surface area contributed by atoms with Gasteiger partial charge in [-0.2, -0.15) is 0 Å². The third-order valence-electron chi connectivity index (χ3n) is 2.71. The van der Waals surface area contributed by atoms with Crippen LogP contribution in [0.4, 0.5) is 0 Å². The van der Waals surface area contributed by atoms with Crippen molar-refractivity contribution in [3.63, 3.8) is 0 Å². The predicted molar refractivity (Wildman–Crippen MR) is 49.1 cm³/mol. The summed E-state index contributed by atoms with van der Waals surface area (Å²) < 4.78 is 5.59. The Morgan fingerprint density at radius 1 is 1.33 bits per heavy atom. The molecule has 0 bridgehead atoms. The van der Waals surface area contributed by atoms with Gasteiger partial charge in [0.05, 0.1) is 12.2 Å². The van der Waals surface area contributed by atoms with E-state index in [-0.39, 0.29) is 5.60 Å². The van der Waals surface area contributed by atoms with Crippen molar-refractivity contribution in [3.8, 4) is 0 Å². The summed E-state index contributed by atoms with van der Waals surface area (Å²) in [5, 5.41) is 0. The lowest BCUT2D eigenvalue weighted by atomic mass is 9.86. The fraction of sp³-hybridized carbons (Fsp3) is 0.455. The van der Waals surface area contributed by atoms with E-state index < -0.39 is 0 Å². The van der Waals surface area contributed by atoms with Crippen LogP contribution < -0.4 is 0 Å². The van der Waals surface area contributed by atoms with Crippen molar-refractivity contribution in [2.45, 2.75) is 25.9 Å². The Balaban J connectivity index is 2.39. The summed E-state index contributed by atoms with van der Waals surface area (Å²) in [6.45, 7) is 5.21. The minimum absolute atomic E-state index is 0.00530. The zero-order valence-corrected chi connectivity index (χ0v) is 7.63. The van der Waals surface area contributed by atoms with Gasteiger partial charge >= 0.3 is 0 Å². The Hall–Kier alpha value is -0.820. The average Bonchev–Trinajstić information content (AvgIpc) is 2.01. The maximum Gasteiger partial charge on any atom is 0.0927 e. The summed E-state index contributed by atoms with van der Waals surface area (Å²) in [6, 6.07) is 8.45. The molecule has 1 aliphatic heterocycles. The van der Waals surface area contributed by atoms with Crippen LogP contribution in [0.5, 0.6) is 0 Å². The van der Waals surface area contributed by atoms with E-state index in [1.807, 2.05) is 0 Å². The third kappa shape index (κ3) is 1.05. The number of benzene rings is 1. The molecule has 0 amide bonds. The highest BCUT2D eigenvalue weighted by Crippen LogP contribution is 2.37. The molecule has 0 N–H and O–H groups in total. The van der Waals surface area contributed by atoms with Crippen molar-refractivity contribution >= 4 is 0 Å². The van der Waals surface area contributed by atoms with E-state index in [2.05, 4.69) is 38.1 Å². The van der Waals surface area contributed by atoms with Crippen LogP contribution in [-0.4, -0.2) is 6.61 Å². The van der Waals surface area contributed by atoms with E-state index >= 15 is 0 Å². The molecule has 1 aromatic carbocycles. The van der Waals surface area contributed by atoms with Gasteiger partial charge in [-0.1, -0.05) is 24.3 Å². The normalized spacial score (nSPS) is 28.2. The largest absolute Gasteiger partial charge is 0.370 e. The lowest BCUT2D eigenvalue weighted by Gasteiger charge is -2.40. The van der Waals surface area contributed by atoms with E-state index in [9.17, 15) is 0 Å². The van der Waals surface area contributed by atoms with Crippen molar-refractivity contribution in [1.29, 1.82) is 0 Å². The number of hydrogen-bond donors (Lipinski definition) is 0. The Bertz CT molecular complexity index is 287. The highest BCUT2D eigenvalue weighted by molar-refractivity contribution is 5.31. The third-order valence-corrected chi connectivity index (χ3v) is 2.71. The molecule has 12 heavy (non-hydrogen) atoms. The molecule has 0 radical (unpaired) electrons. The molecule has 1 heteroatoms. The molecule has 1 heterocycles. The van der Waals surface area contributed by atoms with Gasteiger partial charge in [-0.15, -0.1) is 0 Å². The maximum atomic E-state index is 5.59. The molecular formula is C11H14O. The van der Waals surface area contributed by atoms with E-state index in [4.69, 9.17) is 4.74 Å². The number of rotatable bonds is 1. The molecule has 1 aliphatic rings. The molecular weight excluding hydrogens is 148 g/mol. The van der Waals surface area contributed by atoms with Crippen molar-refractivity contribution in [2.75, 3.05) is 6.61 Å². The molecule has 1 saturated heterocycles. The lowest BCUT2D eigenvalue weighted by Crippen LogP contribution is -2.38. The number of ether oxygens (including phenoxy) is 1. The van der Waals surface area contributed by atoms with Crippen LogP contribution in [-0.2, 0) is 10.3 Å². The van der Waals surface area contributed by atoms with Crippen LogP contribution in [0.1, 0.15) is 24.5 Å². The molecule has 0 aliphatic carbocycles. The second-order valence-corrected chi connectivity index (χ2v) is 3.64. The first-order chi connectivity index (χ1) is 5.72. The maximum absolute atomic E-state index is 5.59. The zero-order valence-electron chi connectivity index (χ0n) is 7.63. The Kier molecular flexibility index (Phi) is 1.69. The molecule has 1 aromatic rings. The van der Waals surface area contributed by atoms with Gasteiger partial charge < -0.3 is 4.74 Å². The average molecular weight is 162 g/mol. The smallest absolute Gasteiger partial charge is 0.0927 e. The minimum atomic E-state index is 0.00530. The van der Waals surface area contributed by atoms with Crippen LogP contribution in [0.3, 0.4) is 0 Å². The summed E-state index contributed by atoms with van der Waals surface area (Å²) in [4.78, 5) is 0. The van der Waals surface area contributed by atoms with Crippen LogP contribution in [0.25, 0.3) is 0 Å². The van der Waals surface area contributed by atoms with Gasteiger partial charge in [0, 0.05) is 6.42 Å². The fourth-order valence-corrected chi connectivity index (χ4v) is 1.79. The quantitative estimate of drug-likeness (QED) is 0.616. The number of aryl methyl sites for hydroxylation is 1. The Morgan fingerprint density at radius 3 is 2.50 bits per heavy atom. The first-order valence-electron chi connectivity index (χ1n) is 4.42. The van der Waals surface area contributed by atoms with E-state index in [0.717, 1.165) is 13.0 Å². The lowest BCUT2D eigenvalue weighted by molar-refractivity contribution is -0.141. The van der Waals surface area contributed by atoms with Gasteiger partial charge in [-0.05, 0) is 25.0 Å². The monoisotopic (exact) mass is 162 g/mol. The number of hydrogen-bond acceptors (Lipinski definition) is 1. The standard InChI is InChI=1S/C11H14O/c1-9-5-3-4-6-10(9)11(2)7-8-12-11/h3-6H,7-8H2,1-2H3. The molecule has 1 nitrogen and oxygen atoms in total. The molecule has 0 aromatic heterocycles. The molecule has 1 fully saturated rings. The van der Waals surface area contributed by atoms with Gasteiger partial charge in [-0.25, -0.2) is 0 Å². The van der Waals surface area contributed by atoms with Gasteiger partial charge in [0.2, 0.25) is 0 Å². The SMILES string of the molecule is Cc1ccccc1C1(C)CCO1. The molecule has 1 atom stereocenters. The van der Waals surface area contributed by atoms with Gasteiger partial charge in [0.1, 0.15) is 0 Å². The predicted octanol–water partition coefficient (Wildman–Crippen LogP) is 2.63. The van der Waals surface area contributed by atoms with Crippen LogP contribution in [0.15, 0.2) is 24.3 Å². The highest BCUT2D eigenvalue weighted by atomic mass is 16.5. The molecule has 1 unspecified atom stereocenters. The first-order valence-corrected chi connectivity index (χ1v) is 4.42. The first kappa shape index (κ1) is 7.81. The van der Waals surface area contributed by atoms with Crippen LogP contribution >= 0.6 is 0 Å². The second kappa shape index (κ2) is 2.60. The molecule has 0 saturated carbocycles. The van der Waals surface area contributed by atoms with Crippen molar-refractivity contribution in [1.82, 2.24) is 0 Å². The topological polar surface area (TPSA) is 9.23 Å². The van der Waals surface area contributed by atoms with Gasteiger partial charge in [0.15, 0.2) is 0 Å². The van der Waals surface area contributed by atoms with Crippen LogP contribution in [0, 0.1) is 6.92 Å². The summed E-state index contributed by atoms with van der Waals surface area (Å²) in [6.07, 6.45) is 1.15. The second-order valence-electron chi connectivity index (χ2n) is 3.64. The summed E-state index contributed by atoms with van der Waals surface area (Å²) in [7, 11) is 0. The van der Waals surface area contributed by atoms with Crippen LogP contribution in [0.2, 0.25) is 0 Å². The Labute approximate surface area is 73.4 Å². The van der Waals surface area contributed by atoms with E-state index in [1.54, 1.807) is 0 Å². The minimum Gasteiger partial charge on any atom is -0.370 e. The summed E-state index contributed by atoms with van der Waals surface area (Å²) >= 11 is 0. The zero-order chi connectivity index (χ0) is 8.60. The van der Waals surface area contributed by atoms with Crippen molar-refractivity contribution < 1.29 is 4.74 Å². The van der Waals surface area contributed by atoms with Gasteiger partial charge in [0.25, 0.3) is 0 Å². The molecule has 2 rings (SSSR count). The van der Waals surface area contributed by atoms with Gasteiger partial charge in [-0.3, -0.25) is 0 Å². The molecule has 64 valence electrons. The Morgan fingerprint density at radius 2 is 2.00 bits per heavy atom. The summed E-state index contributed by atoms with van der Waals surface area (Å²) in [5.74, 6) is 0. The molecule has 0 spiro atoms. The highest BCUT2D eigenvalue weighted by Gasteiger charge is 2.35. The van der Waals surface area contributed by atoms with Crippen molar-refractivity contribution in [3.05, 3.63) is 35.4 Å². The van der Waals surface area contributed by atoms with Crippen molar-refractivity contribution in [2.24, 2.45) is 0 Å². The fourth-order valence-electron chi connectivity index (χ4n) is 1.79. The van der Waals surface area contributed by atoms with E-state index in [1.165, 1.54) is 11.1 Å². The van der Waals surface area contributed by atoms with E-state index in [0.29, 0.717) is 0 Å². The summed E-state index contributed by atoms with van der Waals surface area (Å²) in [5.41, 5.74) is 2.68.